The number of halogens is 2. The van der Waals surface area contributed by atoms with Gasteiger partial charge in [0.25, 0.3) is 5.91 Å². The summed E-state index contributed by atoms with van der Waals surface area (Å²) in [5, 5.41) is 18.8. The Balaban J connectivity index is 1.31. The monoisotopic (exact) mass is 507 g/mol. The average molecular weight is 508 g/mol. The molecule has 2 aliphatic rings. The lowest BCUT2D eigenvalue weighted by atomic mass is 9.90. The zero-order valence-electron chi connectivity index (χ0n) is 19.7. The van der Waals surface area contributed by atoms with Crippen molar-refractivity contribution in [2.75, 3.05) is 19.6 Å². The first-order valence-corrected chi connectivity index (χ1v) is 11.8. The van der Waals surface area contributed by atoms with Gasteiger partial charge in [-0.15, -0.1) is 0 Å². The third-order valence-corrected chi connectivity index (χ3v) is 6.69. The number of rotatable bonds is 7. The van der Waals surface area contributed by atoms with Crippen LogP contribution < -0.4 is 10.6 Å². The molecule has 2 fully saturated rings. The summed E-state index contributed by atoms with van der Waals surface area (Å²) in [5.74, 6) is -2.59. The Morgan fingerprint density at radius 3 is 2.70 bits per heavy atom. The van der Waals surface area contributed by atoms with E-state index in [-0.39, 0.29) is 36.0 Å². The predicted octanol–water partition coefficient (Wildman–Crippen LogP) is 2.16. The molecule has 0 spiro atoms. The van der Waals surface area contributed by atoms with Crippen LogP contribution in [-0.4, -0.2) is 57.5 Å². The zero-order chi connectivity index (χ0) is 26.0. The number of benzene rings is 1. The van der Waals surface area contributed by atoms with Crippen LogP contribution in [0, 0.1) is 28.9 Å². The third kappa shape index (κ3) is 5.17. The Hall–Kier alpha value is -4.24. The molecule has 2 aromatic heterocycles. The molecule has 190 valence electrons. The molecule has 12 heteroatoms. The molecule has 2 N–H and O–H groups in total. The molecule has 0 bridgehead atoms. The van der Waals surface area contributed by atoms with Crippen LogP contribution >= 0.6 is 0 Å². The van der Waals surface area contributed by atoms with Crippen LogP contribution in [0.4, 0.5) is 8.78 Å². The summed E-state index contributed by atoms with van der Waals surface area (Å²) in [7, 11) is 0. The van der Waals surface area contributed by atoms with Crippen molar-refractivity contribution in [1.29, 1.82) is 5.26 Å². The van der Waals surface area contributed by atoms with Crippen LogP contribution in [0.3, 0.4) is 0 Å². The van der Waals surface area contributed by atoms with Crippen molar-refractivity contribution in [3.05, 3.63) is 65.9 Å². The molecule has 2 amide bonds. The van der Waals surface area contributed by atoms with E-state index in [0.717, 1.165) is 6.07 Å². The minimum atomic E-state index is -0.846. The highest BCUT2D eigenvalue weighted by molar-refractivity contribution is 5.94. The number of carbonyl (C=O) groups excluding carboxylic acids is 2. The molecule has 0 radical (unpaired) electrons. The van der Waals surface area contributed by atoms with Gasteiger partial charge in [-0.2, -0.15) is 5.26 Å². The lowest BCUT2D eigenvalue weighted by Crippen LogP contribution is -2.57. The van der Waals surface area contributed by atoms with Gasteiger partial charge in [-0.3, -0.25) is 14.5 Å². The number of nitrogens with one attached hydrogen (secondary N) is 2. The Morgan fingerprint density at radius 1 is 1.22 bits per heavy atom. The number of aromatic nitrogens is 3. The molecular formula is C25H23F2N7O3. The minimum absolute atomic E-state index is 0.0284. The van der Waals surface area contributed by atoms with Crippen molar-refractivity contribution >= 4 is 11.8 Å². The Bertz CT molecular complexity index is 1350. The molecule has 2 atom stereocenters. The summed E-state index contributed by atoms with van der Waals surface area (Å²) in [6, 6.07) is 7.50. The first-order chi connectivity index (χ1) is 17.9. The second-order valence-corrected chi connectivity index (χ2v) is 9.21. The number of hydrogen-bond acceptors (Lipinski definition) is 8. The van der Waals surface area contributed by atoms with E-state index in [1.54, 1.807) is 18.5 Å². The number of likely N-dealkylation sites (tertiary alicyclic amines) is 1. The molecule has 37 heavy (non-hydrogen) atoms. The number of nitriles is 1. The van der Waals surface area contributed by atoms with E-state index >= 15 is 0 Å². The van der Waals surface area contributed by atoms with Crippen molar-refractivity contribution in [2.45, 2.75) is 30.8 Å². The highest BCUT2D eigenvalue weighted by Gasteiger charge is 2.50. The van der Waals surface area contributed by atoms with Crippen LogP contribution in [0.15, 0.2) is 47.2 Å². The fraction of sp³-hybridized carbons (Fsp3) is 0.360. The molecular weight excluding hydrogens is 484 g/mol. The highest BCUT2D eigenvalue weighted by Crippen LogP contribution is 2.44. The van der Waals surface area contributed by atoms with Crippen LogP contribution in [0.2, 0.25) is 0 Å². The summed E-state index contributed by atoms with van der Waals surface area (Å²) < 4.78 is 32.5. The van der Waals surface area contributed by atoms with Gasteiger partial charge in [0.05, 0.1) is 29.6 Å². The van der Waals surface area contributed by atoms with E-state index in [2.05, 4.69) is 31.8 Å². The van der Waals surface area contributed by atoms with Gasteiger partial charge in [0.2, 0.25) is 5.91 Å². The van der Waals surface area contributed by atoms with Crippen LogP contribution in [0.1, 0.15) is 35.6 Å². The fourth-order valence-electron chi connectivity index (χ4n) is 4.55. The summed E-state index contributed by atoms with van der Waals surface area (Å²) >= 11 is 0. The van der Waals surface area contributed by atoms with Crippen molar-refractivity contribution in [1.82, 2.24) is 30.7 Å². The first kappa shape index (κ1) is 24.5. The van der Waals surface area contributed by atoms with Crippen molar-refractivity contribution < 1.29 is 22.9 Å². The number of piperidine rings is 1. The van der Waals surface area contributed by atoms with Crippen LogP contribution in [0.25, 0.3) is 11.3 Å². The average Bonchev–Trinajstić information content (AvgIpc) is 3.50. The lowest BCUT2D eigenvalue weighted by molar-refractivity contribution is -0.128. The molecule has 0 unspecified atom stereocenters. The van der Waals surface area contributed by atoms with E-state index in [1.807, 2.05) is 4.90 Å². The van der Waals surface area contributed by atoms with Gasteiger partial charge in [0.15, 0.2) is 17.3 Å². The van der Waals surface area contributed by atoms with Crippen LogP contribution in [-0.2, 0) is 10.3 Å². The van der Waals surface area contributed by atoms with Crippen molar-refractivity contribution in [2.24, 2.45) is 5.92 Å². The molecule has 3 heterocycles. The summed E-state index contributed by atoms with van der Waals surface area (Å²) in [5.41, 5.74) is -0.772. The van der Waals surface area contributed by atoms with Crippen LogP contribution in [0.5, 0.6) is 0 Å². The largest absolute Gasteiger partial charge is 0.355 e. The molecule has 1 aromatic carbocycles. The Kier molecular flexibility index (Phi) is 6.62. The molecule has 1 aliphatic heterocycles. The van der Waals surface area contributed by atoms with Gasteiger partial charge in [-0.1, -0.05) is 5.16 Å². The van der Waals surface area contributed by atoms with E-state index in [4.69, 9.17) is 9.78 Å². The Morgan fingerprint density at radius 2 is 2.00 bits per heavy atom. The maximum Gasteiger partial charge on any atom is 0.273 e. The zero-order valence-corrected chi connectivity index (χ0v) is 19.7. The quantitative estimate of drug-likeness (QED) is 0.464. The number of hydrogen-bond donors (Lipinski definition) is 2. The second kappa shape index (κ2) is 10.0. The van der Waals surface area contributed by atoms with Crippen molar-refractivity contribution in [3.63, 3.8) is 0 Å². The summed E-state index contributed by atoms with van der Waals surface area (Å²) in [6.45, 7) is 0.953. The minimum Gasteiger partial charge on any atom is -0.355 e. The van der Waals surface area contributed by atoms with Gasteiger partial charge in [-0.05, 0) is 37.5 Å². The lowest BCUT2D eigenvalue weighted by Gasteiger charge is -2.37. The first-order valence-electron chi connectivity index (χ1n) is 11.8. The molecule has 1 saturated carbocycles. The summed E-state index contributed by atoms with van der Waals surface area (Å²) in [6.07, 6.45) is 5.08. The van der Waals surface area contributed by atoms with Gasteiger partial charge in [0.1, 0.15) is 11.6 Å². The van der Waals surface area contributed by atoms with E-state index in [0.29, 0.717) is 37.7 Å². The van der Waals surface area contributed by atoms with Gasteiger partial charge >= 0.3 is 0 Å². The second-order valence-electron chi connectivity index (χ2n) is 9.21. The molecule has 5 rings (SSSR count). The molecule has 10 nitrogen and oxygen atoms in total. The smallest absolute Gasteiger partial charge is 0.273 e. The predicted molar refractivity (Wildman–Crippen MR) is 124 cm³/mol. The summed E-state index contributed by atoms with van der Waals surface area (Å²) in [4.78, 5) is 36.8. The van der Waals surface area contributed by atoms with Gasteiger partial charge in [0, 0.05) is 43.7 Å². The molecule has 1 aliphatic carbocycles. The van der Waals surface area contributed by atoms with E-state index < -0.39 is 35.0 Å². The number of nitrogens with zero attached hydrogens (tertiary/aromatic N) is 5. The molecule has 3 aromatic rings. The van der Waals surface area contributed by atoms with Gasteiger partial charge in [-0.25, -0.2) is 18.7 Å². The van der Waals surface area contributed by atoms with Crippen molar-refractivity contribution in [3.8, 4) is 17.4 Å². The standard InChI is InChI=1S/C25H23F2N7O3/c26-15-2-3-16(18(27)12-15)21-13-20(33-37-21)23(36)31-19-4-10-34(11-7-28)14-17(19)22(35)32-25(5-6-25)24-29-8-1-9-30-24/h1-3,8-9,12-13,17,19H,4-6,10-11,14H2,(H,31,36)(H,32,35)/t17-,19-/m0/s1. The topological polar surface area (TPSA) is 137 Å². The number of amides is 2. The number of carbonyl (C=O) groups is 2. The maximum absolute atomic E-state index is 14.1. The SMILES string of the molecule is N#CCN1CC[C@H](NC(=O)c2cc(-c3ccc(F)cc3F)on2)[C@@H](C(=O)NC2(c3ncccn3)CC2)C1. The maximum atomic E-state index is 14.1. The van der Waals surface area contributed by atoms with E-state index in [9.17, 15) is 18.4 Å². The normalized spacial score (nSPS) is 20.6. The highest BCUT2D eigenvalue weighted by atomic mass is 19.1. The Labute approximate surface area is 210 Å². The molecule has 1 saturated heterocycles. The van der Waals surface area contributed by atoms with Gasteiger partial charge < -0.3 is 15.2 Å². The van der Waals surface area contributed by atoms with E-state index in [1.165, 1.54) is 12.1 Å². The third-order valence-electron chi connectivity index (χ3n) is 6.69. The fourth-order valence-corrected chi connectivity index (χ4v) is 4.55.